The number of Topliss-reactive ketones (excluding diaryl/α,β-unsaturated/α-hetero) is 1. The molecule has 1 fully saturated rings. The van der Waals surface area contributed by atoms with E-state index in [1.165, 1.54) is 19.1 Å². The largest absolute Gasteiger partial charge is 0.461 e. The molecule has 1 aliphatic carbocycles. The van der Waals surface area contributed by atoms with Gasteiger partial charge in [-0.05, 0) is 12.5 Å². The van der Waals surface area contributed by atoms with Crippen molar-refractivity contribution >= 4 is 23.8 Å². The molecule has 0 heterocycles. The minimum Gasteiger partial charge on any atom is -0.461 e. The van der Waals surface area contributed by atoms with Gasteiger partial charge in [-0.15, -0.1) is 0 Å². The van der Waals surface area contributed by atoms with E-state index in [-0.39, 0.29) is 19.6 Å². The van der Waals surface area contributed by atoms with E-state index in [0.717, 1.165) is 5.56 Å². The third kappa shape index (κ3) is 5.51. The van der Waals surface area contributed by atoms with Gasteiger partial charge in [0.2, 0.25) is 0 Å². The summed E-state index contributed by atoms with van der Waals surface area (Å²) in [6.07, 6.45) is 5.75. The standard InChI is InChI=1S/C23H26O6/c1-4-13-28-21(25)19-17(12-11-16-9-7-6-8-10-16)20(22(26)29-14-5-2)23(3,27)15-18(19)24/h4-12,17,19-20,27H,1-2,13-15H2,3H3/b12-11+. The second-order valence-corrected chi connectivity index (χ2v) is 7.14. The molecule has 1 aromatic rings. The van der Waals surface area contributed by atoms with Crippen LogP contribution < -0.4 is 0 Å². The summed E-state index contributed by atoms with van der Waals surface area (Å²) < 4.78 is 10.3. The molecule has 0 radical (unpaired) electrons. The Hall–Kier alpha value is -2.99. The number of ether oxygens (including phenoxy) is 2. The highest BCUT2D eigenvalue weighted by molar-refractivity contribution is 6.02. The van der Waals surface area contributed by atoms with Crippen molar-refractivity contribution < 1.29 is 29.0 Å². The lowest BCUT2D eigenvalue weighted by atomic mass is 9.63. The quantitative estimate of drug-likeness (QED) is 0.411. The van der Waals surface area contributed by atoms with Gasteiger partial charge in [0.25, 0.3) is 0 Å². The van der Waals surface area contributed by atoms with Gasteiger partial charge in [0.15, 0.2) is 5.78 Å². The highest BCUT2D eigenvalue weighted by Gasteiger charge is 2.55. The normalized spacial score (nSPS) is 26.7. The van der Waals surface area contributed by atoms with Crippen molar-refractivity contribution in [2.75, 3.05) is 13.2 Å². The summed E-state index contributed by atoms with van der Waals surface area (Å²) in [5.41, 5.74) is -0.849. The summed E-state index contributed by atoms with van der Waals surface area (Å²) in [6.45, 7) is 8.30. The van der Waals surface area contributed by atoms with Crippen LogP contribution in [0.5, 0.6) is 0 Å². The molecule has 2 rings (SSSR count). The van der Waals surface area contributed by atoms with E-state index in [1.807, 2.05) is 30.3 Å². The summed E-state index contributed by atoms with van der Waals surface area (Å²) in [4.78, 5) is 38.1. The zero-order valence-corrected chi connectivity index (χ0v) is 16.5. The fourth-order valence-electron chi connectivity index (χ4n) is 3.56. The topological polar surface area (TPSA) is 89.9 Å². The number of benzene rings is 1. The Labute approximate surface area is 170 Å². The van der Waals surface area contributed by atoms with Crippen molar-refractivity contribution in [2.24, 2.45) is 17.8 Å². The molecule has 29 heavy (non-hydrogen) atoms. The number of aliphatic hydroxyl groups is 1. The fraction of sp³-hybridized carbons (Fsp3) is 0.348. The van der Waals surface area contributed by atoms with Crippen LogP contribution in [0.15, 0.2) is 61.7 Å². The third-order valence-electron chi connectivity index (χ3n) is 4.82. The lowest BCUT2D eigenvalue weighted by Crippen LogP contribution is -2.56. The number of carbonyl (C=O) groups excluding carboxylic acids is 3. The predicted molar refractivity (Wildman–Crippen MR) is 109 cm³/mol. The molecule has 0 spiro atoms. The van der Waals surface area contributed by atoms with Crippen molar-refractivity contribution in [2.45, 2.75) is 18.9 Å². The first-order chi connectivity index (χ1) is 13.8. The van der Waals surface area contributed by atoms with Crippen LogP contribution in [-0.2, 0) is 23.9 Å². The first kappa shape index (κ1) is 22.3. The Morgan fingerprint density at radius 1 is 1.14 bits per heavy atom. The van der Waals surface area contributed by atoms with Gasteiger partial charge in [-0.25, -0.2) is 0 Å². The maximum Gasteiger partial charge on any atom is 0.317 e. The van der Waals surface area contributed by atoms with Crippen LogP contribution in [0.2, 0.25) is 0 Å². The van der Waals surface area contributed by atoms with Crippen LogP contribution >= 0.6 is 0 Å². The molecular formula is C23H26O6. The lowest BCUT2D eigenvalue weighted by molar-refractivity contribution is -0.174. The third-order valence-corrected chi connectivity index (χ3v) is 4.82. The molecular weight excluding hydrogens is 372 g/mol. The van der Waals surface area contributed by atoms with Gasteiger partial charge in [-0.1, -0.05) is 67.8 Å². The van der Waals surface area contributed by atoms with Crippen LogP contribution in [0.1, 0.15) is 18.9 Å². The minimum absolute atomic E-state index is 0.0416. The van der Waals surface area contributed by atoms with Crippen molar-refractivity contribution in [3.8, 4) is 0 Å². The molecule has 0 saturated heterocycles. The molecule has 0 amide bonds. The Bertz CT molecular complexity index is 793. The van der Waals surface area contributed by atoms with Gasteiger partial charge < -0.3 is 14.6 Å². The molecule has 0 aromatic heterocycles. The van der Waals surface area contributed by atoms with Gasteiger partial charge in [0.1, 0.15) is 19.1 Å². The van der Waals surface area contributed by atoms with E-state index >= 15 is 0 Å². The zero-order chi connectivity index (χ0) is 21.4. The maximum absolute atomic E-state index is 12.7. The molecule has 4 atom stereocenters. The van der Waals surface area contributed by atoms with E-state index in [4.69, 9.17) is 9.47 Å². The highest BCUT2D eigenvalue weighted by atomic mass is 16.5. The molecule has 6 nitrogen and oxygen atoms in total. The number of carbonyl (C=O) groups is 3. The molecule has 0 bridgehead atoms. The van der Waals surface area contributed by atoms with E-state index in [9.17, 15) is 19.5 Å². The number of ketones is 1. The van der Waals surface area contributed by atoms with Crippen molar-refractivity contribution in [3.63, 3.8) is 0 Å². The zero-order valence-electron chi connectivity index (χ0n) is 16.5. The van der Waals surface area contributed by atoms with Gasteiger partial charge in [-0.3, -0.25) is 14.4 Å². The minimum atomic E-state index is -1.67. The molecule has 1 saturated carbocycles. The Morgan fingerprint density at radius 2 is 1.72 bits per heavy atom. The van der Waals surface area contributed by atoms with Crippen molar-refractivity contribution in [1.82, 2.24) is 0 Å². The van der Waals surface area contributed by atoms with Crippen LogP contribution in [0, 0.1) is 17.8 Å². The van der Waals surface area contributed by atoms with Crippen LogP contribution in [-0.4, -0.2) is 41.6 Å². The smallest absolute Gasteiger partial charge is 0.317 e. The molecule has 0 aliphatic heterocycles. The summed E-state index contributed by atoms with van der Waals surface area (Å²) in [5.74, 6) is -5.22. The molecule has 1 aliphatic rings. The summed E-state index contributed by atoms with van der Waals surface area (Å²) in [6, 6.07) is 9.23. The van der Waals surface area contributed by atoms with Gasteiger partial charge in [0, 0.05) is 12.3 Å². The first-order valence-corrected chi connectivity index (χ1v) is 9.35. The molecule has 154 valence electrons. The Balaban J connectivity index is 2.46. The summed E-state index contributed by atoms with van der Waals surface area (Å²) in [5, 5.41) is 10.9. The summed E-state index contributed by atoms with van der Waals surface area (Å²) in [7, 11) is 0. The molecule has 1 N–H and O–H groups in total. The summed E-state index contributed by atoms with van der Waals surface area (Å²) >= 11 is 0. The number of allylic oxidation sites excluding steroid dienone is 1. The first-order valence-electron chi connectivity index (χ1n) is 9.35. The Morgan fingerprint density at radius 3 is 2.31 bits per heavy atom. The Kier molecular flexibility index (Phi) is 7.67. The average Bonchev–Trinajstić information content (AvgIpc) is 2.68. The highest BCUT2D eigenvalue weighted by Crippen LogP contribution is 2.42. The van der Waals surface area contributed by atoms with Crippen LogP contribution in [0.3, 0.4) is 0 Å². The maximum atomic E-state index is 12.7. The van der Waals surface area contributed by atoms with Gasteiger partial charge in [0.05, 0.1) is 11.5 Å². The number of hydrogen-bond donors (Lipinski definition) is 1. The van der Waals surface area contributed by atoms with E-state index in [2.05, 4.69) is 13.2 Å². The second kappa shape index (κ2) is 9.98. The fourth-order valence-corrected chi connectivity index (χ4v) is 3.56. The van der Waals surface area contributed by atoms with E-state index in [1.54, 1.807) is 12.2 Å². The monoisotopic (exact) mass is 398 g/mol. The van der Waals surface area contributed by atoms with Gasteiger partial charge >= 0.3 is 11.9 Å². The van der Waals surface area contributed by atoms with Crippen LogP contribution in [0.4, 0.5) is 0 Å². The van der Waals surface area contributed by atoms with Gasteiger partial charge in [-0.2, -0.15) is 0 Å². The lowest BCUT2D eigenvalue weighted by Gasteiger charge is -2.42. The SMILES string of the molecule is C=CCOC(=O)C1C(=O)CC(C)(O)C(C(=O)OCC=C)C1/C=C/c1ccccc1. The second-order valence-electron chi connectivity index (χ2n) is 7.14. The van der Waals surface area contributed by atoms with Crippen molar-refractivity contribution in [3.05, 3.63) is 67.3 Å². The number of esters is 2. The molecule has 4 unspecified atom stereocenters. The average molecular weight is 398 g/mol. The predicted octanol–water partition coefficient (Wildman–Crippen LogP) is 2.73. The molecule has 6 heteroatoms. The molecule has 1 aromatic carbocycles. The number of hydrogen-bond acceptors (Lipinski definition) is 6. The number of rotatable bonds is 8. The van der Waals surface area contributed by atoms with Crippen molar-refractivity contribution in [1.29, 1.82) is 0 Å². The van der Waals surface area contributed by atoms with E-state index in [0.29, 0.717) is 0 Å². The van der Waals surface area contributed by atoms with Crippen LogP contribution in [0.25, 0.3) is 6.08 Å². The van der Waals surface area contributed by atoms with E-state index < -0.39 is 41.1 Å².